The summed E-state index contributed by atoms with van der Waals surface area (Å²) in [6, 6.07) is -2.66. The Kier molecular flexibility index (Phi) is 1.42. The van der Waals surface area contributed by atoms with Gasteiger partial charge in [0, 0.05) is 8.43 Å². The van der Waals surface area contributed by atoms with Crippen molar-refractivity contribution in [3.63, 3.8) is 0 Å². The average molecular weight is 283 g/mol. The molecule has 1 aromatic rings. The number of carbonyl (C=O) groups excluding carboxylic acids is 1. The van der Waals surface area contributed by atoms with Gasteiger partial charge in [-0.1, -0.05) is 22.6 Å². The molecule has 0 spiro atoms. The van der Waals surface area contributed by atoms with Crippen molar-refractivity contribution in [2.75, 3.05) is 9.70 Å². The predicted octanol–water partition coefficient (Wildman–Crippen LogP) is 1.77. The van der Waals surface area contributed by atoms with E-state index < -0.39 is 45.9 Å². The van der Waals surface area contributed by atoms with Crippen LogP contribution in [0.15, 0.2) is 24.2 Å². The van der Waals surface area contributed by atoms with Crippen LogP contribution in [0.1, 0.15) is 8.22 Å². The lowest BCUT2D eigenvalue weighted by Crippen LogP contribution is -2.11. The molecule has 0 atom stereocenters. The molecule has 1 amide bonds. The fourth-order valence-corrected chi connectivity index (χ4v) is 0.640. The number of halogens is 1. The van der Waals surface area contributed by atoms with Crippen molar-refractivity contribution in [3.05, 3.63) is 24.2 Å². The Hall–Kier alpha value is -0.780. The number of aromatic hydroxyl groups is 1. The van der Waals surface area contributed by atoms with Crippen LogP contribution in [0.4, 0.5) is 5.69 Å². The molecule has 0 saturated carbocycles. The van der Waals surface area contributed by atoms with Crippen LogP contribution in [-0.4, -0.2) is 15.4 Å². The van der Waals surface area contributed by atoms with E-state index in [1.807, 2.05) is 5.32 Å². The smallest absolute Gasteiger partial charge is 0.234 e. The van der Waals surface area contributed by atoms with E-state index >= 15 is 0 Å². The Labute approximate surface area is 92.4 Å². The number of amides is 1. The Morgan fingerprint density at radius 3 is 2.75 bits per heavy atom. The number of phenols is 1. The standard InChI is InChI=1S/C8H8INO2/c9-5-8(12)10-6-1-3-7(11)4-2-6/h1-4,11H,5H2,(H,10,12)/i1D,2D,3D,4D,5D2. The van der Waals surface area contributed by atoms with Gasteiger partial charge < -0.3 is 10.4 Å². The van der Waals surface area contributed by atoms with Crippen molar-refractivity contribution >= 4 is 34.2 Å². The van der Waals surface area contributed by atoms with Gasteiger partial charge in [-0.2, -0.15) is 0 Å². The lowest BCUT2D eigenvalue weighted by Gasteiger charge is -2.01. The largest absolute Gasteiger partial charge is 0.508 e. The molecule has 4 heteroatoms. The highest BCUT2D eigenvalue weighted by Gasteiger charge is 1.98. The number of alkyl halides is 1. The van der Waals surface area contributed by atoms with E-state index in [1.165, 1.54) is 22.6 Å². The number of rotatable bonds is 2. The molecule has 0 aliphatic carbocycles. The molecule has 0 aromatic heterocycles. The van der Waals surface area contributed by atoms with E-state index in [9.17, 15) is 9.90 Å². The minimum atomic E-state index is -2.25. The van der Waals surface area contributed by atoms with E-state index in [2.05, 4.69) is 0 Å². The van der Waals surface area contributed by atoms with Crippen molar-refractivity contribution in [1.29, 1.82) is 0 Å². The first-order valence-electron chi connectivity index (χ1n) is 5.87. The van der Waals surface area contributed by atoms with Crippen LogP contribution in [0.3, 0.4) is 0 Å². The molecule has 1 rings (SSSR count). The summed E-state index contributed by atoms with van der Waals surface area (Å²) in [5.74, 6) is -1.92. The normalized spacial score (nSPS) is 17.8. The van der Waals surface area contributed by atoms with E-state index in [0.29, 0.717) is 0 Å². The minimum absolute atomic E-state index is 0.464. The molecule has 0 unspecified atom stereocenters. The number of hydrogen-bond acceptors (Lipinski definition) is 2. The number of anilines is 1. The maximum absolute atomic E-state index is 11.4. The summed E-state index contributed by atoms with van der Waals surface area (Å²) >= 11 is 1.23. The molecular weight excluding hydrogens is 269 g/mol. The zero-order valence-electron chi connectivity index (χ0n) is 11.7. The van der Waals surface area contributed by atoms with Crippen LogP contribution >= 0.6 is 22.6 Å². The lowest BCUT2D eigenvalue weighted by molar-refractivity contribution is -0.113. The van der Waals surface area contributed by atoms with Gasteiger partial charge >= 0.3 is 0 Å². The highest BCUT2D eigenvalue weighted by molar-refractivity contribution is 14.1. The summed E-state index contributed by atoms with van der Waals surface area (Å²) in [7, 11) is 0. The molecule has 64 valence electrons. The highest BCUT2D eigenvalue weighted by Crippen LogP contribution is 2.13. The van der Waals surface area contributed by atoms with Crippen LogP contribution in [0.2, 0.25) is 0 Å². The molecule has 0 heterocycles. The molecule has 1 aromatic carbocycles. The van der Waals surface area contributed by atoms with Gasteiger partial charge in [0.15, 0.2) is 0 Å². The van der Waals surface area contributed by atoms with Crippen LogP contribution in [0.25, 0.3) is 0 Å². The molecule has 0 bridgehead atoms. The number of nitrogens with one attached hydrogen (secondary N) is 1. The van der Waals surface area contributed by atoms with Crippen molar-refractivity contribution in [2.24, 2.45) is 0 Å². The zero-order chi connectivity index (χ0) is 14.2. The summed E-state index contributed by atoms with van der Waals surface area (Å²) in [6.07, 6.45) is 0. The Morgan fingerprint density at radius 1 is 1.67 bits per heavy atom. The van der Waals surface area contributed by atoms with Crippen LogP contribution in [-0.2, 0) is 4.79 Å². The second-order valence-electron chi connectivity index (χ2n) is 1.77. The number of benzene rings is 1. The third kappa shape index (κ3) is 2.69. The number of phenolic OH excluding ortho intramolecular Hbond substituents is 1. The average Bonchev–Trinajstić information content (AvgIpc) is 2.28. The van der Waals surface area contributed by atoms with Crippen LogP contribution in [0, 0.1) is 0 Å². The van der Waals surface area contributed by atoms with Crippen molar-refractivity contribution < 1.29 is 18.1 Å². The minimum Gasteiger partial charge on any atom is -0.508 e. The monoisotopic (exact) mass is 283 g/mol. The van der Waals surface area contributed by atoms with Gasteiger partial charge in [0.25, 0.3) is 0 Å². The quantitative estimate of drug-likeness (QED) is 0.493. The van der Waals surface area contributed by atoms with Crippen molar-refractivity contribution in [1.82, 2.24) is 0 Å². The SMILES string of the molecule is [2H]c1c([2H])c(NC(=O)C([2H])([2H])I)c([2H])c([2H])c1O. The van der Waals surface area contributed by atoms with Crippen LogP contribution < -0.4 is 5.32 Å². The first-order valence-corrected chi connectivity index (χ1v) is 3.95. The Balaban J connectivity index is 3.31. The van der Waals surface area contributed by atoms with Gasteiger partial charge in [0.05, 0.1) is 9.86 Å². The van der Waals surface area contributed by atoms with E-state index in [4.69, 9.17) is 8.22 Å². The molecule has 0 aliphatic rings. The maximum atomic E-state index is 11.4. The fourth-order valence-electron chi connectivity index (χ4n) is 0.506. The molecule has 0 fully saturated rings. The zero-order valence-corrected chi connectivity index (χ0v) is 7.89. The first-order chi connectivity index (χ1) is 8.07. The molecule has 2 N–H and O–H groups in total. The van der Waals surface area contributed by atoms with Gasteiger partial charge in [-0.25, -0.2) is 0 Å². The van der Waals surface area contributed by atoms with E-state index in [1.54, 1.807) is 0 Å². The second kappa shape index (κ2) is 4.30. The summed E-state index contributed by atoms with van der Waals surface area (Å²) < 4.78 is 41.7. The molecule has 3 nitrogen and oxygen atoms in total. The number of carbonyl (C=O) groups is 1. The summed E-state index contributed by atoms with van der Waals surface area (Å²) in [5, 5.41) is 11.3. The fraction of sp³-hybridized carbons (Fsp3) is 0.125. The first kappa shape index (κ1) is 3.95. The second-order valence-corrected chi connectivity index (χ2v) is 2.31. The van der Waals surface area contributed by atoms with Gasteiger partial charge in [0.2, 0.25) is 5.91 Å². The van der Waals surface area contributed by atoms with Gasteiger partial charge in [0.1, 0.15) is 5.75 Å². The van der Waals surface area contributed by atoms with E-state index in [-0.39, 0.29) is 0 Å². The summed E-state index contributed by atoms with van der Waals surface area (Å²) in [5.41, 5.74) is -0.464. The van der Waals surface area contributed by atoms with E-state index in [0.717, 1.165) is 0 Å². The molecule has 0 aliphatic heterocycles. The van der Waals surface area contributed by atoms with Gasteiger partial charge in [-0.05, 0) is 24.2 Å². The summed E-state index contributed by atoms with van der Waals surface area (Å²) in [6.45, 7) is 0. The molecular formula is C8H8INO2. The lowest BCUT2D eigenvalue weighted by atomic mass is 10.3. The molecule has 0 saturated heterocycles. The third-order valence-corrected chi connectivity index (χ3v) is 1.43. The molecule has 0 radical (unpaired) electrons. The summed E-state index contributed by atoms with van der Waals surface area (Å²) in [4.78, 5) is 11.4. The Morgan fingerprint density at radius 2 is 2.25 bits per heavy atom. The molecule has 12 heavy (non-hydrogen) atoms. The van der Waals surface area contributed by atoms with Crippen LogP contribution in [0.5, 0.6) is 5.75 Å². The number of hydrogen-bond donors (Lipinski definition) is 2. The third-order valence-electron chi connectivity index (χ3n) is 0.936. The van der Waals surface area contributed by atoms with Crippen molar-refractivity contribution in [2.45, 2.75) is 0 Å². The maximum Gasteiger partial charge on any atom is 0.234 e. The Bertz CT molecular complexity index is 486. The van der Waals surface area contributed by atoms with Gasteiger partial charge in [-0.3, -0.25) is 4.79 Å². The topological polar surface area (TPSA) is 49.3 Å². The predicted molar refractivity (Wildman–Crippen MR) is 55.6 cm³/mol. The van der Waals surface area contributed by atoms with Crippen molar-refractivity contribution in [3.8, 4) is 5.75 Å². The highest BCUT2D eigenvalue weighted by atomic mass is 127. The van der Waals surface area contributed by atoms with Gasteiger partial charge in [-0.15, -0.1) is 0 Å².